The third-order valence-corrected chi connectivity index (χ3v) is 2.62. The summed E-state index contributed by atoms with van der Waals surface area (Å²) in [4.78, 5) is 4.43. The minimum atomic E-state index is 0.416. The maximum Gasteiger partial charge on any atom is 0.213 e. The Hall–Kier alpha value is -1.09. The summed E-state index contributed by atoms with van der Waals surface area (Å²) < 4.78 is 5.11. The fraction of sp³-hybridized carbons (Fsp3) is 0.545. The lowest BCUT2D eigenvalue weighted by Crippen LogP contribution is -2.27. The third kappa shape index (κ3) is 2.04. The second kappa shape index (κ2) is 4.42. The molecule has 2 heterocycles. The Morgan fingerprint density at radius 2 is 2.36 bits per heavy atom. The molecule has 0 aliphatic carbocycles. The molecule has 0 spiro atoms. The van der Waals surface area contributed by atoms with Crippen LogP contribution in [0.15, 0.2) is 18.2 Å². The van der Waals surface area contributed by atoms with E-state index in [-0.39, 0.29) is 0 Å². The van der Waals surface area contributed by atoms with Gasteiger partial charge in [-0.3, -0.25) is 0 Å². The number of piperidine rings is 1. The Morgan fingerprint density at radius 3 is 3.07 bits per heavy atom. The molecular formula is C11H16N2O. The van der Waals surface area contributed by atoms with Crippen LogP contribution in [0.3, 0.4) is 0 Å². The van der Waals surface area contributed by atoms with Gasteiger partial charge in [0.2, 0.25) is 5.88 Å². The van der Waals surface area contributed by atoms with E-state index in [9.17, 15) is 0 Å². The second-order valence-corrected chi connectivity index (χ2v) is 3.61. The predicted molar refractivity (Wildman–Crippen MR) is 55.4 cm³/mol. The lowest BCUT2D eigenvalue weighted by molar-refractivity contribution is 0.378. The van der Waals surface area contributed by atoms with Crippen molar-refractivity contribution in [1.29, 1.82) is 0 Å². The largest absolute Gasteiger partial charge is 0.481 e. The molecule has 0 unspecified atom stereocenters. The first-order valence-electron chi connectivity index (χ1n) is 5.14. The highest BCUT2D eigenvalue weighted by molar-refractivity contribution is 5.18. The number of rotatable bonds is 2. The molecular weight excluding hydrogens is 176 g/mol. The molecule has 0 aromatic carbocycles. The van der Waals surface area contributed by atoms with Crippen molar-refractivity contribution in [1.82, 2.24) is 10.3 Å². The van der Waals surface area contributed by atoms with E-state index in [1.807, 2.05) is 12.1 Å². The fourth-order valence-corrected chi connectivity index (χ4v) is 1.84. The summed E-state index contributed by atoms with van der Waals surface area (Å²) in [6.07, 6.45) is 3.75. The number of hydrogen-bond donors (Lipinski definition) is 1. The molecule has 1 atom stereocenters. The van der Waals surface area contributed by atoms with Crippen molar-refractivity contribution in [2.45, 2.75) is 25.3 Å². The van der Waals surface area contributed by atoms with Crippen molar-refractivity contribution < 1.29 is 4.74 Å². The number of nitrogens with one attached hydrogen (secondary N) is 1. The number of pyridine rings is 1. The molecule has 0 amide bonds. The molecule has 1 N–H and O–H groups in total. The number of hydrogen-bond acceptors (Lipinski definition) is 3. The maximum absolute atomic E-state index is 5.11. The molecule has 1 aromatic heterocycles. The zero-order valence-corrected chi connectivity index (χ0v) is 8.49. The molecule has 1 aliphatic rings. The van der Waals surface area contributed by atoms with E-state index in [2.05, 4.69) is 16.4 Å². The van der Waals surface area contributed by atoms with Crippen molar-refractivity contribution in [3.05, 3.63) is 23.9 Å². The van der Waals surface area contributed by atoms with Crippen LogP contribution in [0.2, 0.25) is 0 Å². The fourth-order valence-electron chi connectivity index (χ4n) is 1.84. The molecule has 14 heavy (non-hydrogen) atoms. The maximum atomic E-state index is 5.11. The van der Waals surface area contributed by atoms with Crippen LogP contribution >= 0.6 is 0 Å². The smallest absolute Gasteiger partial charge is 0.213 e. The van der Waals surface area contributed by atoms with Gasteiger partial charge in [-0.25, -0.2) is 4.98 Å². The first-order valence-corrected chi connectivity index (χ1v) is 5.14. The van der Waals surface area contributed by atoms with Gasteiger partial charge >= 0.3 is 0 Å². The Morgan fingerprint density at radius 1 is 1.43 bits per heavy atom. The normalized spacial score (nSPS) is 21.9. The quantitative estimate of drug-likeness (QED) is 0.777. The van der Waals surface area contributed by atoms with Crippen molar-refractivity contribution in [3.63, 3.8) is 0 Å². The number of aromatic nitrogens is 1. The summed E-state index contributed by atoms with van der Waals surface area (Å²) >= 11 is 0. The number of nitrogens with zero attached hydrogens (tertiary/aromatic N) is 1. The van der Waals surface area contributed by atoms with Gasteiger partial charge in [-0.2, -0.15) is 0 Å². The van der Waals surface area contributed by atoms with Crippen molar-refractivity contribution in [2.75, 3.05) is 13.7 Å². The van der Waals surface area contributed by atoms with Gasteiger partial charge in [0.05, 0.1) is 12.8 Å². The highest BCUT2D eigenvalue weighted by Gasteiger charge is 2.15. The molecule has 76 valence electrons. The van der Waals surface area contributed by atoms with Gasteiger partial charge in [0.15, 0.2) is 0 Å². The minimum Gasteiger partial charge on any atom is -0.481 e. The van der Waals surface area contributed by atoms with E-state index < -0.39 is 0 Å². The van der Waals surface area contributed by atoms with Crippen LogP contribution in [-0.2, 0) is 0 Å². The van der Waals surface area contributed by atoms with Gasteiger partial charge in [-0.15, -0.1) is 0 Å². The highest BCUT2D eigenvalue weighted by Crippen LogP contribution is 2.22. The molecule has 0 radical (unpaired) electrons. The van der Waals surface area contributed by atoms with E-state index in [0.717, 1.165) is 12.2 Å². The van der Waals surface area contributed by atoms with Crippen LogP contribution in [0.4, 0.5) is 0 Å². The molecule has 1 aromatic rings. The second-order valence-electron chi connectivity index (χ2n) is 3.61. The van der Waals surface area contributed by atoms with Crippen LogP contribution < -0.4 is 10.1 Å². The Bertz CT molecular complexity index is 295. The van der Waals surface area contributed by atoms with Crippen LogP contribution in [0.25, 0.3) is 0 Å². The Labute approximate surface area is 84.5 Å². The number of ether oxygens (including phenoxy) is 1. The summed E-state index contributed by atoms with van der Waals surface area (Å²) in [6, 6.07) is 6.36. The van der Waals surface area contributed by atoms with Gasteiger partial charge in [-0.05, 0) is 25.5 Å². The SMILES string of the molecule is COc1cccc([C@H]2CCCCN2)n1. The lowest BCUT2D eigenvalue weighted by Gasteiger charge is -2.22. The standard InChI is InChI=1S/C11H16N2O/c1-14-11-7-4-6-10(13-11)9-5-2-3-8-12-9/h4,6-7,9,12H,2-3,5,8H2,1H3/t9-/m1/s1. The molecule has 2 rings (SSSR count). The average molecular weight is 192 g/mol. The Balaban J connectivity index is 2.13. The molecule has 3 nitrogen and oxygen atoms in total. The summed E-state index contributed by atoms with van der Waals surface area (Å²) in [7, 11) is 1.65. The first kappa shape index (κ1) is 9.46. The van der Waals surface area contributed by atoms with Gasteiger partial charge in [0, 0.05) is 12.1 Å². The summed E-state index contributed by atoms with van der Waals surface area (Å²) in [5.41, 5.74) is 1.10. The van der Waals surface area contributed by atoms with Crippen molar-refractivity contribution >= 4 is 0 Å². The van der Waals surface area contributed by atoms with Crippen molar-refractivity contribution in [2.24, 2.45) is 0 Å². The van der Waals surface area contributed by atoms with Gasteiger partial charge in [0.25, 0.3) is 0 Å². The molecule has 3 heteroatoms. The summed E-state index contributed by atoms with van der Waals surface area (Å²) in [6.45, 7) is 1.10. The van der Waals surface area contributed by atoms with E-state index in [1.165, 1.54) is 19.3 Å². The predicted octanol–water partition coefficient (Wildman–Crippen LogP) is 1.90. The minimum absolute atomic E-state index is 0.416. The van der Waals surface area contributed by atoms with E-state index in [4.69, 9.17) is 4.74 Å². The van der Waals surface area contributed by atoms with Crippen LogP contribution in [0.1, 0.15) is 31.0 Å². The lowest BCUT2D eigenvalue weighted by atomic mass is 10.0. The molecule has 1 saturated heterocycles. The van der Waals surface area contributed by atoms with E-state index in [1.54, 1.807) is 7.11 Å². The van der Waals surface area contributed by atoms with Gasteiger partial charge in [-0.1, -0.05) is 12.5 Å². The summed E-state index contributed by atoms with van der Waals surface area (Å²) in [5.74, 6) is 0.704. The van der Waals surface area contributed by atoms with Crippen LogP contribution in [-0.4, -0.2) is 18.6 Å². The zero-order chi connectivity index (χ0) is 9.80. The van der Waals surface area contributed by atoms with Crippen LogP contribution in [0.5, 0.6) is 5.88 Å². The van der Waals surface area contributed by atoms with E-state index >= 15 is 0 Å². The van der Waals surface area contributed by atoms with Gasteiger partial charge in [0.1, 0.15) is 0 Å². The monoisotopic (exact) mass is 192 g/mol. The van der Waals surface area contributed by atoms with E-state index in [0.29, 0.717) is 11.9 Å². The topological polar surface area (TPSA) is 34.1 Å². The summed E-state index contributed by atoms with van der Waals surface area (Å²) in [5, 5.41) is 3.47. The Kier molecular flexibility index (Phi) is 2.99. The third-order valence-electron chi connectivity index (χ3n) is 2.62. The highest BCUT2D eigenvalue weighted by atomic mass is 16.5. The zero-order valence-electron chi connectivity index (χ0n) is 8.49. The van der Waals surface area contributed by atoms with Gasteiger partial charge < -0.3 is 10.1 Å². The first-order chi connectivity index (χ1) is 6.90. The molecule has 1 aliphatic heterocycles. The average Bonchev–Trinajstić information content (AvgIpc) is 2.30. The number of methoxy groups -OCH3 is 1. The molecule has 1 fully saturated rings. The van der Waals surface area contributed by atoms with Crippen LogP contribution in [0, 0.1) is 0 Å². The molecule has 0 bridgehead atoms. The van der Waals surface area contributed by atoms with Crippen molar-refractivity contribution in [3.8, 4) is 5.88 Å². The molecule has 0 saturated carbocycles.